The molecule has 0 unspecified atom stereocenters. The second-order valence-corrected chi connectivity index (χ2v) is 4.44. The summed E-state index contributed by atoms with van der Waals surface area (Å²) in [4.78, 5) is 24.2. The van der Waals surface area contributed by atoms with Crippen molar-refractivity contribution in [2.24, 2.45) is 0 Å². The second kappa shape index (κ2) is 7.19. The molecule has 20 heavy (non-hydrogen) atoms. The summed E-state index contributed by atoms with van der Waals surface area (Å²) in [7, 11) is 0. The van der Waals surface area contributed by atoms with Crippen LogP contribution in [0.2, 0.25) is 0 Å². The molecule has 0 saturated carbocycles. The van der Waals surface area contributed by atoms with E-state index in [1.807, 2.05) is 55.1 Å². The fourth-order valence-electron chi connectivity index (χ4n) is 1.97. The smallest absolute Gasteiger partial charge is 0.224 e. The number of carbonyl (C=O) groups is 1. The first kappa shape index (κ1) is 13.9. The highest BCUT2D eigenvalue weighted by Gasteiger charge is 2.13. The molecule has 102 valence electrons. The number of benzene rings is 1. The fourth-order valence-corrected chi connectivity index (χ4v) is 1.97. The maximum atomic E-state index is 11.1. The predicted octanol–water partition coefficient (Wildman–Crippen LogP) is 1.72. The first-order valence-electron chi connectivity index (χ1n) is 6.47. The monoisotopic (exact) mass is 268 g/mol. The Morgan fingerprint density at radius 1 is 1.15 bits per heavy atom. The van der Waals surface area contributed by atoms with Crippen LogP contribution in [-0.4, -0.2) is 12.2 Å². The molecule has 0 fully saturated rings. The van der Waals surface area contributed by atoms with Gasteiger partial charge in [-0.15, -0.1) is 6.42 Å². The Bertz CT molecular complexity index is 556. The van der Waals surface area contributed by atoms with Gasteiger partial charge in [0.25, 0.3) is 0 Å². The number of pyridine rings is 1. The molecule has 0 radical (unpaired) electrons. The van der Waals surface area contributed by atoms with Crippen LogP contribution in [0.5, 0.6) is 0 Å². The predicted molar refractivity (Wildman–Crippen MR) is 75.8 cm³/mol. The van der Waals surface area contributed by atoms with Crippen molar-refractivity contribution in [1.82, 2.24) is 0 Å². The van der Waals surface area contributed by atoms with E-state index in [9.17, 15) is 9.59 Å². The molecular weight excluding hydrogens is 252 g/mol. The van der Waals surface area contributed by atoms with E-state index < -0.39 is 0 Å². The fraction of sp³-hybridized carbons (Fsp3) is 0.188. The summed E-state index contributed by atoms with van der Waals surface area (Å²) in [6.07, 6.45) is 7.22. The number of anilines is 1. The summed E-state index contributed by atoms with van der Waals surface area (Å²) in [6.45, 7) is 0. The summed E-state index contributed by atoms with van der Waals surface area (Å²) < 4.78 is 0. The molecule has 4 nitrogen and oxygen atoms in total. The number of hydrogen-bond acceptors (Lipinski definition) is 2. The third-order valence-electron chi connectivity index (χ3n) is 2.95. The van der Waals surface area contributed by atoms with Gasteiger partial charge >= 0.3 is 0 Å². The lowest BCUT2D eigenvalue weighted by Gasteiger charge is -2.17. The summed E-state index contributed by atoms with van der Waals surface area (Å²) in [5, 5.41) is 2.79. The molecule has 1 aliphatic rings. The number of carbonyl (C=O) groups excluding carboxylic acids is 2. The average molecular weight is 268 g/mol. The van der Waals surface area contributed by atoms with Gasteiger partial charge in [0.1, 0.15) is 0 Å². The minimum Gasteiger partial charge on any atom is -0.541 e. The van der Waals surface area contributed by atoms with Crippen molar-refractivity contribution in [3.8, 4) is 0 Å². The van der Waals surface area contributed by atoms with Gasteiger partial charge in [-0.1, -0.05) is 23.8 Å². The lowest BCUT2D eigenvalue weighted by atomic mass is 9.99. The zero-order valence-electron chi connectivity index (χ0n) is 11.1. The van der Waals surface area contributed by atoms with Crippen LogP contribution in [0.15, 0.2) is 48.8 Å². The van der Waals surface area contributed by atoms with Gasteiger partial charge in [0.05, 0.1) is 0 Å². The molecule has 2 aromatic rings. The maximum absolute atomic E-state index is 11.1. The summed E-state index contributed by atoms with van der Waals surface area (Å²) >= 11 is 0. The van der Waals surface area contributed by atoms with Gasteiger partial charge in [-0.2, -0.15) is 0 Å². The lowest BCUT2D eigenvalue weighted by Crippen LogP contribution is -2.18. The highest BCUT2D eigenvalue weighted by molar-refractivity contribution is 5.93. The maximum Gasteiger partial charge on any atom is 0.224 e. The highest BCUT2D eigenvalue weighted by Crippen LogP contribution is 2.23. The standard InChI is InChI=1S/C11H10NO2.C5H5N/c13-6-5-8-1-3-10-9(7-8)2-4-11(14)12-10;1-2-4-6-5-3-1/h1,3,7H,2,4-5H2,(H,12,14);1-5H/q-1;/p+1. The number of hydrogen-bond donors (Lipinski definition) is 1. The van der Waals surface area contributed by atoms with Crippen LogP contribution in [0.25, 0.3) is 0 Å². The van der Waals surface area contributed by atoms with Crippen molar-refractivity contribution in [2.45, 2.75) is 19.3 Å². The molecule has 0 bridgehead atoms. The molecule has 2 heterocycles. The highest BCUT2D eigenvalue weighted by atomic mass is 16.1. The molecule has 1 aromatic carbocycles. The minimum absolute atomic E-state index is 0.0622. The summed E-state index contributed by atoms with van der Waals surface area (Å²) in [6, 6.07) is 11.5. The van der Waals surface area contributed by atoms with E-state index in [0.717, 1.165) is 23.2 Å². The van der Waals surface area contributed by atoms with Gasteiger partial charge in [-0.3, -0.25) is 11.1 Å². The molecule has 3 rings (SSSR count). The molecule has 0 saturated heterocycles. The number of nitrogens with one attached hydrogen (secondary N) is 2. The van der Waals surface area contributed by atoms with Crippen LogP contribution < -0.4 is 10.3 Å². The first-order chi connectivity index (χ1) is 9.79. The Balaban J connectivity index is 0.000000205. The minimum atomic E-state index is 0.0622. The second-order valence-electron chi connectivity index (χ2n) is 4.44. The van der Waals surface area contributed by atoms with E-state index in [4.69, 9.17) is 0 Å². The van der Waals surface area contributed by atoms with Gasteiger partial charge in [0.15, 0.2) is 12.4 Å². The van der Waals surface area contributed by atoms with Gasteiger partial charge in [-0.25, -0.2) is 4.98 Å². The number of rotatable bonds is 2. The van der Waals surface area contributed by atoms with E-state index in [0.29, 0.717) is 12.8 Å². The number of aromatic amines is 1. The summed E-state index contributed by atoms with van der Waals surface area (Å²) in [5.74, 6) is 0.0622. The van der Waals surface area contributed by atoms with E-state index in [1.165, 1.54) is 0 Å². The Labute approximate surface area is 117 Å². The van der Waals surface area contributed by atoms with Crippen molar-refractivity contribution in [3.05, 3.63) is 59.9 Å². The van der Waals surface area contributed by atoms with Crippen LogP contribution in [0.4, 0.5) is 5.69 Å². The third-order valence-corrected chi connectivity index (χ3v) is 2.95. The first-order valence-corrected chi connectivity index (χ1v) is 6.47. The third kappa shape index (κ3) is 4.02. The van der Waals surface area contributed by atoms with Crippen LogP contribution in [-0.2, 0) is 22.4 Å². The van der Waals surface area contributed by atoms with Gasteiger partial charge in [0.2, 0.25) is 5.91 Å². The van der Waals surface area contributed by atoms with Crippen LogP contribution >= 0.6 is 0 Å². The van der Waals surface area contributed by atoms with E-state index >= 15 is 0 Å². The molecule has 2 N–H and O–H groups in total. The number of fused-ring (bicyclic) bond motifs is 1. The average Bonchev–Trinajstić information content (AvgIpc) is 2.50. The number of aryl methyl sites for hydroxylation is 1. The van der Waals surface area contributed by atoms with Crippen molar-refractivity contribution < 1.29 is 14.6 Å². The Kier molecular flexibility index (Phi) is 5.00. The molecule has 0 aliphatic carbocycles. The van der Waals surface area contributed by atoms with Crippen molar-refractivity contribution in [1.29, 1.82) is 0 Å². The van der Waals surface area contributed by atoms with Crippen LogP contribution in [0, 0.1) is 0 Å². The van der Waals surface area contributed by atoms with E-state index in [1.54, 1.807) is 0 Å². The molecule has 4 heteroatoms. The van der Waals surface area contributed by atoms with Crippen molar-refractivity contribution in [3.63, 3.8) is 0 Å². The normalized spacial score (nSPS) is 12.5. The quantitative estimate of drug-likeness (QED) is 0.843. The molecule has 0 spiro atoms. The SMILES string of the molecule is O=[C-]Cc1ccc2c(c1)CCC(=O)N2.c1cc[nH+]cc1. The molecule has 1 aromatic heterocycles. The van der Waals surface area contributed by atoms with Crippen molar-refractivity contribution in [2.75, 3.05) is 5.32 Å². The molecular formula is C16H16N2O2. The number of H-pyrrole nitrogens is 1. The van der Waals surface area contributed by atoms with Gasteiger partial charge in [-0.05, 0) is 18.1 Å². The Morgan fingerprint density at radius 2 is 1.95 bits per heavy atom. The lowest BCUT2D eigenvalue weighted by molar-refractivity contribution is -0.377. The van der Waals surface area contributed by atoms with E-state index in [2.05, 4.69) is 10.3 Å². The Hall–Kier alpha value is -2.49. The number of aromatic nitrogens is 1. The zero-order chi connectivity index (χ0) is 14.2. The molecule has 1 aliphatic heterocycles. The van der Waals surface area contributed by atoms with E-state index in [-0.39, 0.29) is 5.91 Å². The molecule has 1 amide bonds. The topological polar surface area (TPSA) is 60.3 Å². The van der Waals surface area contributed by atoms with Gasteiger partial charge in [0, 0.05) is 24.2 Å². The number of amides is 1. The largest absolute Gasteiger partial charge is 0.541 e. The van der Waals surface area contributed by atoms with Crippen LogP contribution in [0.1, 0.15) is 17.5 Å². The zero-order valence-corrected chi connectivity index (χ0v) is 11.1. The van der Waals surface area contributed by atoms with Gasteiger partial charge < -0.3 is 10.1 Å². The van der Waals surface area contributed by atoms with Crippen molar-refractivity contribution >= 4 is 17.9 Å². The Morgan fingerprint density at radius 3 is 2.55 bits per heavy atom. The molecule has 0 atom stereocenters. The van der Waals surface area contributed by atoms with Crippen LogP contribution in [0.3, 0.4) is 0 Å². The summed E-state index contributed by atoms with van der Waals surface area (Å²) in [5.41, 5.74) is 2.93.